The quantitative estimate of drug-likeness (QED) is 0.637. The Bertz CT molecular complexity index is 603. The van der Waals surface area contributed by atoms with Gasteiger partial charge in [-0.1, -0.05) is 31.0 Å². The minimum Gasteiger partial charge on any atom is -0.369 e. The Morgan fingerprint density at radius 1 is 0.815 bits per heavy atom. The number of anilines is 1. The van der Waals surface area contributed by atoms with Crippen molar-refractivity contribution in [3.8, 4) is 0 Å². The maximum atomic E-state index is 2.71. The number of hydrogen-bond acceptors (Lipinski definition) is 2. The Morgan fingerprint density at radius 2 is 1.48 bits per heavy atom. The number of piperazine rings is 1. The van der Waals surface area contributed by atoms with E-state index in [1.807, 2.05) is 0 Å². The first kappa shape index (κ1) is 19.6. The summed E-state index contributed by atoms with van der Waals surface area (Å²) in [4.78, 5) is 5.40. The zero-order valence-electron chi connectivity index (χ0n) is 16.9. The zero-order chi connectivity index (χ0) is 17.4. The summed E-state index contributed by atoms with van der Waals surface area (Å²) < 4.78 is 0. The van der Waals surface area contributed by atoms with E-state index in [0.29, 0.717) is 0 Å². The topological polar surface area (TPSA) is 6.48 Å². The Kier molecular flexibility index (Phi) is 6.04. The molecule has 0 aromatic heterocycles. The molecule has 0 amide bonds. The summed E-state index contributed by atoms with van der Waals surface area (Å²) in [5, 5.41) is 0. The summed E-state index contributed by atoms with van der Waals surface area (Å²) in [7, 11) is 0. The summed E-state index contributed by atoms with van der Waals surface area (Å²) in [5.74, 6) is 1.83. The van der Waals surface area contributed by atoms with E-state index < -0.39 is 0 Å². The van der Waals surface area contributed by atoms with Gasteiger partial charge in [0.2, 0.25) is 0 Å². The minimum atomic E-state index is 0. The predicted octanol–water partition coefficient (Wildman–Crippen LogP) is 5.86. The molecule has 1 spiro atoms. The smallest absolute Gasteiger partial charge is 0.0402 e. The van der Waals surface area contributed by atoms with Crippen molar-refractivity contribution >= 4 is 18.1 Å². The maximum absolute atomic E-state index is 2.71. The third kappa shape index (κ3) is 4.32. The molecule has 1 aromatic carbocycles. The van der Waals surface area contributed by atoms with E-state index >= 15 is 0 Å². The van der Waals surface area contributed by atoms with E-state index in [4.69, 9.17) is 0 Å². The van der Waals surface area contributed by atoms with E-state index in [-0.39, 0.29) is 12.4 Å². The molecule has 0 unspecified atom stereocenters. The highest BCUT2D eigenvalue weighted by atomic mass is 35.5. The number of hydrogen-bond donors (Lipinski definition) is 0. The molecular formula is C24H37ClN2. The molecule has 3 heteroatoms. The van der Waals surface area contributed by atoms with Crippen molar-refractivity contribution in [3.05, 3.63) is 29.8 Å². The lowest BCUT2D eigenvalue weighted by molar-refractivity contribution is 0.181. The fourth-order valence-electron chi connectivity index (χ4n) is 6.12. The van der Waals surface area contributed by atoms with Gasteiger partial charge in [0.15, 0.2) is 0 Å². The van der Waals surface area contributed by atoms with Gasteiger partial charge in [-0.05, 0) is 80.2 Å². The van der Waals surface area contributed by atoms with Crippen LogP contribution in [0.4, 0.5) is 5.69 Å². The largest absolute Gasteiger partial charge is 0.369 e. The van der Waals surface area contributed by atoms with Crippen molar-refractivity contribution in [2.45, 2.75) is 70.1 Å². The van der Waals surface area contributed by atoms with Crippen LogP contribution in [0, 0.1) is 11.3 Å². The average Bonchev–Trinajstić information content (AvgIpc) is 3.40. The van der Waals surface area contributed by atoms with Crippen molar-refractivity contribution in [2.75, 3.05) is 37.6 Å². The van der Waals surface area contributed by atoms with Crippen LogP contribution in [0.2, 0.25) is 0 Å². The second-order valence-electron chi connectivity index (χ2n) is 9.77. The van der Waals surface area contributed by atoms with Crippen molar-refractivity contribution in [2.24, 2.45) is 11.3 Å². The number of para-hydroxylation sites is 1. The highest BCUT2D eigenvalue weighted by molar-refractivity contribution is 5.85. The fourth-order valence-corrected chi connectivity index (χ4v) is 6.12. The molecule has 3 aliphatic carbocycles. The maximum Gasteiger partial charge on any atom is 0.0402 e. The van der Waals surface area contributed by atoms with E-state index in [0.717, 1.165) is 17.3 Å². The molecule has 5 rings (SSSR count). The summed E-state index contributed by atoms with van der Waals surface area (Å²) >= 11 is 0. The molecular weight excluding hydrogens is 352 g/mol. The molecule has 0 N–H and O–H groups in total. The molecule has 0 radical (unpaired) electrons. The molecule has 4 fully saturated rings. The van der Waals surface area contributed by atoms with Gasteiger partial charge in [0, 0.05) is 38.4 Å². The molecule has 2 nitrogen and oxygen atoms in total. The van der Waals surface area contributed by atoms with Gasteiger partial charge in [0.05, 0.1) is 0 Å². The molecule has 0 bridgehead atoms. The van der Waals surface area contributed by atoms with Crippen LogP contribution in [0.1, 0.15) is 75.7 Å². The second kappa shape index (κ2) is 8.33. The van der Waals surface area contributed by atoms with E-state index in [2.05, 4.69) is 34.1 Å². The first-order valence-electron chi connectivity index (χ1n) is 11.4. The molecule has 3 saturated carbocycles. The number of nitrogens with zero attached hydrogens (tertiary/aromatic N) is 2. The van der Waals surface area contributed by atoms with Crippen LogP contribution in [0.25, 0.3) is 0 Å². The first-order valence-corrected chi connectivity index (χ1v) is 11.4. The van der Waals surface area contributed by atoms with Crippen molar-refractivity contribution < 1.29 is 0 Å². The Morgan fingerprint density at radius 3 is 2.15 bits per heavy atom. The first-order chi connectivity index (χ1) is 12.8. The Hall–Kier alpha value is -0.730. The third-order valence-corrected chi connectivity index (χ3v) is 8.01. The van der Waals surface area contributed by atoms with Crippen LogP contribution >= 0.6 is 12.4 Å². The second-order valence-corrected chi connectivity index (χ2v) is 9.77. The fraction of sp³-hybridized carbons (Fsp3) is 0.750. The van der Waals surface area contributed by atoms with Gasteiger partial charge in [0.25, 0.3) is 0 Å². The van der Waals surface area contributed by atoms with Crippen LogP contribution in [0.15, 0.2) is 24.3 Å². The van der Waals surface area contributed by atoms with Crippen molar-refractivity contribution in [1.82, 2.24) is 4.90 Å². The summed E-state index contributed by atoms with van der Waals surface area (Å²) in [6, 6.07) is 9.40. The minimum absolute atomic E-state index is 0. The molecule has 1 heterocycles. The number of benzene rings is 1. The highest BCUT2D eigenvalue weighted by Crippen LogP contribution is 2.53. The standard InChI is InChI=1S/C24H36N2.ClH/c1-2-6-23(26-17-15-25(16-18-26)19-20-7-8-20)22(5-1)21-9-13-24(14-10-21)11-3-4-12-24;/h1-2,5-6,20-21H,3-4,7-19H2;1H. The van der Waals surface area contributed by atoms with Gasteiger partial charge in [-0.15, -0.1) is 12.4 Å². The summed E-state index contributed by atoms with van der Waals surface area (Å²) in [6.07, 6.45) is 14.8. The lowest BCUT2D eigenvalue weighted by atomic mass is 9.68. The Balaban J connectivity index is 0.00000180. The van der Waals surface area contributed by atoms with Crippen LogP contribution in [0.3, 0.4) is 0 Å². The highest BCUT2D eigenvalue weighted by Gasteiger charge is 2.38. The van der Waals surface area contributed by atoms with Crippen molar-refractivity contribution in [3.63, 3.8) is 0 Å². The van der Waals surface area contributed by atoms with E-state index in [1.165, 1.54) is 96.9 Å². The number of halogens is 1. The zero-order valence-corrected chi connectivity index (χ0v) is 17.7. The summed E-state index contributed by atoms with van der Waals surface area (Å²) in [5.41, 5.74) is 3.97. The van der Waals surface area contributed by atoms with Gasteiger partial charge < -0.3 is 4.90 Å². The number of rotatable bonds is 4. The molecule has 4 aliphatic rings. The molecule has 1 saturated heterocycles. The lowest BCUT2D eigenvalue weighted by Gasteiger charge is -2.40. The van der Waals surface area contributed by atoms with Crippen molar-refractivity contribution in [1.29, 1.82) is 0 Å². The Labute approximate surface area is 172 Å². The predicted molar refractivity (Wildman–Crippen MR) is 117 cm³/mol. The van der Waals surface area contributed by atoms with Gasteiger partial charge in [-0.2, -0.15) is 0 Å². The van der Waals surface area contributed by atoms with E-state index in [9.17, 15) is 0 Å². The van der Waals surface area contributed by atoms with Gasteiger partial charge in [-0.25, -0.2) is 0 Å². The molecule has 150 valence electrons. The molecule has 1 aliphatic heterocycles. The van der Waals surface area contributed by atoms with Gasteiger partial charge in [0.1, 0.15) is 0 Å². The van der Waals surface area contributed by atoms with Crippen LogP contribution < -0.4 is 4.90 Å². The van der Waals surface area contributed by atoms with E-state index in [1.54, 1.807) is 11.3 Å². The van der Waals surface area contributed by atoms with Crippen LogP contribution in [-0.2, 0) is 0 Å². The monoisotopic (exact) mass is 388 g/mol. The normalized spacial score (nSPS) is 26.3. The van der Waals surface area contributed by atoms with Gasteiger partial charge >= 0.3 is 0 Å². The summed E-state index contributed by atoms with van der Waals surface area (Å²) in [6.45, 7) is 6.33. The third-order valence-electron chi connectivity index (χ3n) is 8.01. The van der Waals surface area contributed by atoms with Crippen LogP contribution in [-0.4, -0.2) is 37.6 Å². The SMILES string of the molecule is Cl.c1ccc(N2CCN(CC3CC3)CC2)c(C2CCC3(CCCC3)CC2)c1. The van der Waals surface area contributed by atoms with Crippen LogP contribution in [0.5, 0.6) is 0 Å². The van der Waals surface area contributed by atoms with Gasteiger partial charge in [-0.3, -0.25) is 4.90 Å². The molecule has 0 atom stereocenters. The molecule has 1 aromatic rings. The lowest BCUT2D eigenvalue weighted by Crippen LogP contribution is -2.47. The molecule has 27 heavy (non-hydrogen) atoms. The average molecular weight is 389 g/mol.